The molecule has 0 fully saturated rings. The zero-order valence-corrected chi connectivity index (χ0v) is 18.0. The number of ether oxygens (including phenoxy) is 1. The van der Waals surface area contributed by atoms with E-state index in [4.69, 9.17) is 4.74 Å². The molecule has 1 aromatic heterocycles. The van der Waals surface area contributed by atoms with Crippen LogP contribution in [-0.4, -0.2) is 36.1 Å². The maximum Gasteiger partial charge on any atom is 0.262 e. The first-order chi connectivity index (χ1) is 14.9. The molecule has 7 heteroatoms. The lowest BCUT2D eigenvalue weighted by atomic mass is 10.1. The summed E-state index contributed by atoms with van der Waals surface area (Å²) >= 11 is 0. The monoisotopic (exact) mass is 421 g/mol. The van der Waals surface area contributed by atoms with Crippen molar-refractivity contribution in [3.8, 4) is 11.4 Å². The molecular formula is C24H27N3O4. The lowest BCUT2D eigenvalue weighted by Crippen LogP contribution is -2.35. The summed E-state index contributed by atoms with van der Waals surface area (Å²) in [5, 5.41) is 6.67. The van der Waals surface area contributed by atoms with Crippen molar-refractivity contribution in [1.82, 2.24) is 15.2 Å². The first-order valence-electron chi connectivity index (χ1n) is 10.3. The van der Waals surface area contributed by atoms with E-state index < -0.39 is 0 Å². The predicted octanol–water partition coefficient (Wildman–Crippen LogP) is 3.03. The highest BCUT2D eigenvalue weighted by atomic mass is 16.5. The second-order valence-electron chi connectivity index (χ2n) is 7.35. The highest BCUT2D eigenvalue weighted by molar-refractivity contribution is 6.06. The van der Waals surface area contributed by atoms with Gasteiger partial charge in [0, 0.05) is 42.0 Å². The summed E-state index contributed by atoms with van der Waals surface area (Å²) in [5.41, 5.74) is 0.728. The second kappa shape index (κ2) is 9.93. The van der Waals surface area contributed by atoms with Crippen molar-refractivity contribution < 1.29 is 14.3 Å². The smallest absolute Gasteiger partial charge is 0.262 e. The highest BCUT2D eigenvalue weighted by Crippen LogP contribution is 2.20. The molecule has 0 aliphatic carbocycles. The summed E-state index contributed by atoms with van der Waals surface area (Å²) in [6.45, 7) is 4.13. The van der Waals surface area contributed by atoms with Gasteiger partial charge in [-0.1, -0.05) is 31.2 Å². The van der Waals surface area contributed by atoms with E-state index in [1.54, 1.807) is 55.6 Å². The number of rotatable bonds is 8. The minimum Gasteiger partial charge on any atom is -0.497 e. The van der Waals surface area contributed by atoms with Crippen LogP contribution >= 0.6 is 0 Å². The fourth-order valence-corrected chi connectivity index (χ4v) is 3.26. The van der Waals surface area contributed by atoms with Crippen LogP contribution in [0.4, 0.5) is 0 Å². The molecule has 0 saturated carbocycles. The van der Waals surface area contributed by atoms with Crippen LogP contribution in [0.15, 0.2) is 59.5 Å². The van der Waals surface area contributed by atoms with Crippen LogP contribution in [0.1, 0.15) is 37.0 Å². The number of carbonyl (C=O) groups is 2. The Morgan fingerprint density at radius 3 is 2.55 bits per heavy atom. The minimum atomic E-state index is -0.343. The Hall–Kier alpha value is -3.61. The van der Waals surface area contributed by atoms with Crippen molar-refractivity contribution in [2.24, 2.45) is 0 Å². The first-order valence-corrected chi connectivity index (χ1v) is 10.3. The molecule has 162 valence electrons. The van der Waals surface area contributed by atoms with E-state index in [1.165, 1.54) is 10.8 Å². The summed E-state index contributed by atoms with van der Waals surface area (Å²) in [7, 11) is 1.55. The number of hydrogen-bond acceptors (Lipinski definition) is 4. The molecule has 1 heterocycles. The number of aromatic nitrogens is 1. The normalized spacial score (nSPS) is 11.7. The third-order valence-electron chi connectivity index (χ3n) is 5.16. The number of amides is 2. The van der Waals surface area contributed by atoms with Crippen molar-refractivity contribution in [2.45, 2.75) is 32.7 Å². The summed E-state index contributed by atoms with van der Waals surface area (Å²) in [5.74, 6) is 0.154. The number of nitrogens with one attached hydrogen (secondary N) is 2. The maximum absolute atomic E-state index is 13.1. The van der Waals surface area contributed by atoms with Crippen molar-refractivity contribution in [3.05, 3.63) is 70.6 Å². The molecule has 0 aliphatic rings. The Balaban J connectivity index is 1.91. The average Bonchev–Trinajstić information content (AvgIpc) is 2.79. The fourth-order valence-electron chi connectivity index (χ4n) is 3.26. The van der Waals surface area contributed by atoms with E-state index in [1.807, 2.05) is 13.8 Å². The van der Waals surface area contributed by atoms with Gasteiger partial charge in [0.05, 0.1) is 18.4 Å². The van der Waals surface area contributed by atoms with Gasteiger partial charge in [-0.05, 0) is 31.5 Å². The molecule has 0 bridgehead atoms. The molecule has 1 atom stereocenters. The zero-order chi connectivity index (χ0) is 22.4. The predicted molar refractivity (Wildman–Crippen MR) is 121 cm³/mol. The van der Waals surface area contributed by atoms with E-state index >= 15 is 0 Å². The largest absolute Gasteiger partial charge is 0.497 e. The van der Waals surface area contributed by atoms with Gasteiger partial charge in [0.25, 0.3) is 11.5 Å². The molecule has 2 aromatic carbocycles. The lowest BCUT2D eigenvalue weighted by Gasteiger charge is -2.14. The van der Waals surface area contributed by atoms with Gasteiger partial charge >= 0.3 is 0 Å². The number of nitrogens with zero attached hydrogens (tertiary/aromatic N) is 1. The number of carbonyl (C=O) groups excluding carboxylic acids is 2. The topological polar surface area (TPSA) is 89.4 Å². The van der Waals surface area contributed by atoms with Crippen LogP contribution in [0.5, 0.6) is 5.75 Å². The third-order valence-corrected chi connectivity index (χ3v) is 5.16. The Bertz CT molecular complexity index is 1150. The van der Waals surface area contributed by atoms with Crippen molar-refractivity contribution in [1.29, 1.82) is 0 Å². The van der Waals surface area contributed by atoms with Crippen LogP contribution in [0.3, 0.4) is 0 Å². The molecule has 31 heavy (non-hydrogen) atoms. The van der Waals surface area contributed by atoms with Crippen molar-refractivity contribution >= 4 is 22.6 Å². The molecule has 0 radical (unpaired) electrons. The Morgan fingerprint density at radius 1 is 1.10 bits per heavy atom. The molecular weight excluding hydrogens is 394 g/mol. The molecule has 0 unspecified atom stereocenters. The van der Waals surface area contributed by atoms with E-state index in [-0.39, 0.29) is 36.4 Å². The maximum atomic E-state index is 13.1. The molecule has 0 aliphatic heterocycles. The SMILES string of the molecule is CC[C@H](C)NC(=O)CCNC(=O)c1cn(-c2cccc(OC)c2)c(=O)c2ccccc12. The minimum absolute atomic E-state index is 0.0959. The van der Waals surface area contributed by atoms with Crippen molar-refractivity contribution in [3.63, 3.8) is 0 Å². The summed E-state index contributed by atoms with van der Waals surface area (Å²) < 4.78 is 6.70. The number of methoxy groups -OCH3 is 1. The number of benzene rings is 2. The molecule has 2 N–H and O–H groups in total. The van der Waals surface area contributed by atoms with E-state index in [9.17, 15) is 14.4 Å². The van der Waals surface area contributed by atoms with Gasteiger partial charge in [0.2, 0.25) is 5.91 Å². The van der Waals surface area contributed by atoms with Gasteiger partial charge in [-0.2, -0.15) is 0 Å². The van der Waals surface area contributed by atoms with Crippen LogP contribution in [-0.2, 0) is 4.79 Å². The third kappa shape index (κ3) is 5.12. The Morgan fingerprint density at radius 2 is 1.84 bits per heavy atom. The summed E-state index contributed by atoms with van der Waals surface area (Å²) in [6, 6.07) is 14.2. The van der Waals surface area contributed by atoms with E-state index in [2.05, 4.69) is 10.6 Å². The lowest BCUT2D eigenvalue weighted by molar-refractivity contribution is -0.121. The average molecular weight is 421 g/mol. The number of pyridine rings is 1. The summed E-state index contributed by atoms with van der Waals surface area (Å²) in [4.78, 5) is 38.0. The number of fused-ring (bicyclic) bond motifs is 1. The summed E-state index contributed by atoms with van der Waals surface area (Å²) in [6.07, 6.45) is 2.56. The van der Waals surface area contributed by atoms with Crippen LogP contribution in [0, 0.1) is 0 Å². The quantitative estimate of drug-likeness (QED) is 0.585. The van der Waals surface area contributed by atoms with Crippen LogP contribution in [0.2, 0.25) is 0 Å². The van der Waals surface area contributed by atoms with Gasteiger partial charge in [-0.25, -0.2) is 0 Å². The van der Waals surface area contributed by atoms with E-state index in [0.717, 1.165) is 6.42 Å². The first kappa shape index (κ1) is 22.1. The van der Waals surface area contributed by atoms with Crippen LogP contribution < -0.4 is 20.9 Å². The standard InChI is InChI=1S/C24H27N3O4/c1-4-16(2)26-22(28)12-13-25-23(29)21-15-27(17-8-7-9-18(14-17)31-3)24(30)20-11-6-5-10-19(20)21/h5-11,14-16H,4,12-13H2,1-3H3,(H,25,29)(H,26,28)/t16-/m0/s1. The molecule has 2 amide bonds. The molecule has 3 rings (SSSR count). The van der Waals surface area contributed by atoms with E-state index in [0.29, 0.717) is 27.8 Å². The molecule has 0 saturated heterocycles. The van der Waals surface area contributed by atoms with Gasteiger partial charge in [0.15, 0.2) is 0 Å². The Labute approximate surface area is 181 Å². The molecule has 3 aromatic rings. The van der Waals surface area contributed by atoms with Gasteiger partial charge < -0.3 is 15.4 Å². The van der Waals surface area contributed by atoms with Gasteiger partial charge in [-0.15, -0.1) is 0 Å². The Kier molecular flexibility index (Phi) is 7.07. The van der Waals surface area contributed by atoms with Gasteiger partial charge in [-0.3, -0.25) is 19.0 Å². The second-order valence-corrected chi connectivity index (χ2v) is 7.35. The molecule has 7 nitrogen and oxygen atoms in total. The fraction of sp³-hybridized carbons (Fsp3) is 0.292. The zero-order valence-electron chi connectivity index (χ0n) is 18.0. The molecule has 0 spiro atoms. The highest BCUT2D eigenvalue weighted by Gasteiger charge is 2.16. The number of hydrogen-bond donors (Lipinski definition) is 2. The van der Waals surface area contributed by atoms with Gasteiger partial charge in [0.1, 0.15) is 5.75 Å². The van der Waals surface area contributed by atoms with Crippen LogP contribution in [0.25, 0.3) is 16.5 Å². The van der Waals surface area contributed by atoms with Crippen molar-refractivity contribution in [2.75, 3.05) is 13.7 Å².